The van der Waals surface area contributed by atoms with Gasteiger partial charge in [-0.1, -0.05) is 48.5 Å². The highest BCUT2D eigenvalue weighted by atomic mass is 16.5. The molecule has 0 unspecified atom stereocenters. The number of alkyl carbamates (subject to hydrolysis) is 1. The number of aromatic amines is 1. The first-order chi connectivity index (χ1) is 15.0. The summed E-state index contributed by atoms with van der Waals surface area (Å²) < 4.78 is 6.41. The minimum absolute atomic E-state index is 0.0156. The molecule has 9 heteroatoms. The maximum absolute atomic E-state index is 12.2. The van der Waals surface area contributed by atoms with Gasteiger partial charge in [0.15, 0.2) is 0 Å². The molecule has 1 amide bonds. The van der Waals surface area contributed by atoms with Crippen molar-refractivity contribution in [2.75, 3.05) is 13.2 Å². The highest BCUT2D eigenvalue weighted by molar-refractivity contribution is 5.86. The predicted octanol–water partition coefficient (Wildman–Crippen LogP) is 1.77. The average molecular weight is 421 g/mol. The van der Waals surface area contributed by atoms with Crippen molar-refractivity contribution in [3.63, 3.8) is 0 Å². The molecule has 1 heterocycles. The van der Waals surface area contributed by atoms with Crippen molar-refractivity contribution in [3.05, 3.63) is 92.3 Å². The van der Waals surface area contributed by atoms with Gasteiger partial charge in [0.05, 0.1) is 0 Å². The number of ether oxygens (including phenoxy) is 1. The van der Waals surface area contributed by atoms with Gasteiger partial charge in [-0.15, -0.1) is 0 Å². The minimum atomic E-state index is -1.44. The monoisotopic (exact) mass is 421 g/mol. The third-order valence-corrected chi connectivity index (χ3v) is 5.21. The van der Waals surface area contributed by atoms with Crippen molar-refractivity contribution >= 4 is 12.1 Å². The van der Waals surface area contributed by atoms with E-state index in [1.807, 2.05) is 53.5 Å². The van der Waals surface area contributed by atoms with Crippen LogP contribution in [-0.2, 0) is 11.3 Å². The van der Waals surface area contributed by atoms with Crippen LogP contribution in [0.15, 0.2) is 64.3 Å². The molecule has 1 aliphatic carbocycles. The summed E-state index contributed by atoms with van der Waals surface area (Å²) in [7, 11) is 0. The van der Waals surface area contributed by atoms with Gasteiger partial charge < -0.3 is 15.2 Å². The van der Waals surface area contributed by atoms with Crippen LogP contribution in [0.25, 0.3) is 11.1 Å². The van der Waals surface area contributed by atoms with E-state index in [2.05, 4.69) is 5.32 Å². The summed E-state index contributed by atoms with van der Waals surface area (Å²) >= 11 is 0. The number of H-pyrrole nitrogens is 1. The Hall–Kier alpha value is -4.14. The summed E-state index contributed by atoms with van der Waals surface area (Å²) in [5.41, 5.74) is 2.15. The second-order valence-corrected chi connectivity index (χ2v) is 7.05. The zero-order chi connectivity index (χ0) is 22.0. The molecule has 1 aromatic heterocycles. The molecule has 0 saturated carbocycles. The third-order valence-electron chi connectivity index (χ3n) is 5.21. The molecule has 3 N–H and O–H groups in total. The van der Waals surface area contributed by atoms with Gasteiger partial charge in [0.25, 0.3) is 5.56 Å². The van der Waals surface area contributed by atoms with E-state index in [0.717, 1.165) is 33.0 Å². The van der Waals surface area contributed by atoms with E-state index >= 15 is 0 Å². The molecule has 0 bridgehead atoms. The fraction of sp³-hybridized carbons (Fsp3) is 0.182. The van der Waals surface area contributed by atoms with E-state index in [1.54, 1.807) is 0 Å². The van der Waals surface area contributed by atoms with E-state index in [4.69, 9.17) is 9.84 Å². The largest absolute Gasteiger partial charge is 0.477 e. The average Bonchev–Trinajstić information content (AvgIpc) is 3.07. The Kier molecular flexibility index (Phi) is 5.40. The molecule has 0 saturated heterocycles. The van der Waals surface area contributed by atoms with Crippen molar-refractivity contribution in [2.45, 2.75) is 12.5 Å². The summed E-state index contributed by atoms with van der Waals surface area (Å²) in [6, 6.07) is 16.0. The maximum Gasteiger partial charge on any atom is 0.407 e. The number of nitrogens with zero attached hydrogens (tertiary/aromatic N) is 1. The van der Waals surface area contributed by atoms with Crippen LogP contribution in [0.4, 0.5) is 4.79 Å². The van der Waals surface area contributed by atoms with Crippen LogP contribution >= 0.6 is 0 Å². The smallest absolute Gasteiger partial charge is 0.407 e. The minimum Gasteiger partial charge on any atom is -0.477 e. The summed E-state index contributed by atoms with van der Waals surface area (Å²) in [5, 5.41) is 11.5. The van der Waals surface area contributed by atoms with Gasteiger partial charge in [-0.3, -0.25) is 14.3 Å². The number of carboxylic acid groups (broad SMARTS) is 1. The Morgan fingerprint density at radius 1 is 1.03 bits per heavy atom. The van der Waals surface area contributed by atoms with Gasteiger partial charge in [-0.05, 0) is 22.3 Å². The molecule has 3 aromatic rings. The van der Waals surface area contributed by atoms with Crippen LogP contribution in [0.5, 0.6) is 0 Å². The normalized spacial score (nSPS) is 12.1. The number of carbonyl (C=O) groups excluding carboxylic acids is 1. The van der Waals surface area contributed by atoms with Crippen molar-refractivity contribution in [2.24, 2.45) is 0 Å². The molecule has 0 spiro atoms. The number of hydrogen-bond acceptors (Lipinski definition) is 5. The van der Waals surface area contributed by atoms with Crippen LogP contribution in [0.1, 0.15) is 27.4 Å². The molecule has 4 rings (SSSR count). The van der Waals surface area contributed by atoms with E-state index in [9.17, 15) is 19.2 Å². The van der Waals surface area contributed by atoms with Crippen LogP contribution in [0.2, 0.25) is 0 Å². The standard InChI is InChI=1S/C22H19N3O6/c26-19-17(20(27)28)11-25(21(29)24-19)10-9-23-22(30)31-12-18-15-7-3-1-5-13(15)14-6-2-4-8-16(14)18/h1-8,11,18H,9-10,12H2,(H,23,30)(H,27,28)(H,24,26,29). The Labute approximate surface area is 175 Å². The number of aromatic carboxylic acids is 1. The third kappa shape index (κ3) is 3.97. The first kappa shape index (κ1) is 20.1. The number of nitrogens with one attached hydrogen (secondary N) is 2. The van der Waals surface area contributed by atoms with E-state index < -0.39 is 28.9 Å². The first-order valence-corrected chi connectivity index (χ1v) is 9.61. The number of hydrogen-bond donors (Lipinski definition) is 3. The van der Waals surface area contributed by atoms with Gasteiger partial charge in [0.2, 0.25) is 0 Å². The Balaban J connectivity index is 1.37. The molecule has 0 fully saturated rings. The fourth-order valence-electron chi connectivity index (χ4n) is 3.76. The number of carbonyl (C=O) groups is 2. The molecule has 9 nitrogen and oxygen atoms in total. The second kappa shape index (κ2) is 8.31. The summed E-state index contributed by atoms with van der Waals surface area (Å²) in [6.45, 7) is 0.142. The number of rotatable bonds is 6. The van der Waals surface area contributed by atoms with Crippen molar-refractivity contribution in [1.29, 1.82) is 0 Å². The summed E-state index contributed by atoms with van der Waals surface area (Å²) in [5.74, 6) is -1.52. The summed E-state index contributed by atoms with van der Waals surface area (Å²) in [6.07, 6.45) is 0.293. The molecule has 158 valence electrons. The lowest BCUT2D eigenvalue weighted by Gasteiger charge is -2.14. The van der Waals surface area contributed by atoms with E-state index in [0.29, 0.717) is 0 Å². The molecule has 2 aromatic carbocycles. The zero-order valence-corrected chi connectivity index (χ0v) is 16.3. The molecular formula is C22H19N3O6. The van der Waals surface area contributed by atoms with Gasteiger partial charge in [0, 0.05) is 25.2 Å². The van der Waals surface area contributed by atoms with Gasteiger partial charge >= 0.3 is 17.8 Å². The SMILES string of the molecule is O=C(NCCn1cc(C(=O)O)c(=O)[nH]c1=O)OCC1c2ccccc2-c2ccccc21. The summed E-state index contributed by atoms with van der Waals surface area (Å²) in [4.78, 5) is 48.4. The van der Waals surface area contributed by atoms with E-state index in [-0.39, 0.29) is 25.6 Å². The van der Waals surface area contributed by atoms with E-state index in [1.165, 1.54) is 0 Å². The van der Waals surface area contributed by atoms with Crippen LogP contribution < -0.4 is 16.6 Å². The highest BCUT2D eigenvalue weighted by Gasteiger charge is 2.28. The van der Waals surface area contributed by atoms with Crippen molar-refractivity contribution < 1.29 is 19.4 Å². The number of carboxylic acids is 1. The Morgan fingerprint density at radius 3 is 2.26 bits per heavy atom. The lowest BCUT2D eigenvalue weighted by Crippen LogP contribution is -2.36. The molecular weight excluding hydrogens is 402 g/mol. The lowest BCUT2D eigenvalue weighted by atomic mass is 9.98. The van der Waals surface area contributed by atoms with Crippen LogP contribution in [0.3, 0.4) is 0 Å². The van der Waals surface area contributed by atoms with Crippen LogP contribution in [0, 0.1) is 0 Å². The van der Waals surface area contributed by atoms with Gasteiger partial charge in [-0.25, -0.2) is 14.4 Å². The van der Waals surface area contributed by atoms with Gasteiger partial charge in [0.1, 0.15) is 12.2 Å². The number of fused-ring (bicyclic) bond motifs is 3. The highest BCUT2D eigenvalue weighted by Crippen LogP contribution is 2.44. The zero-order valence-electron chi connectivity index (χ0n) is 16.3. The second-order valence-electron chi connectivity index (χ2n) is 7.05. The number of amides is 1. The Morgan fingerprint density at radius 2 is 1.65 bits per heavy atom. The Bertz CT molecular complexity index is 1230. The molecule has 0 aliphatic heterocycles. The molecule has 0 atom stereocenters. The topological polar surface area (TPSA) is 130 Å². The van der Waals surface area contributed by atoms with Crippen molar-refractivity contribution in [1.82, 2.24) is 14.9 Å². The number of benzene rings is 2. The fourth-order valence-corrected chi connectivity index (χ4v) is 3.76. The van der Waals surface area contributed by atoms with Crippen molar-refractivity contribution in [3.8, 4) is 11.1 Å². The van der Waals surface area contributed by atoms with Gasteiger partial charge in [-0.2, -0.15) is 0 Å². The number of aromatic nitrogens is 2. The first-order valence-electron chi connectivity index (χ1n) is 9.61. The van der Waals surface area contributed by atoms with Crippen LogP contribution in [-0.4, -0.2) is 39.9 Å². The predicted molar refractivity (Wildman–Crippen MR) is 111 cm³/mol. The quantitative estimate of drug-likeness (QED) is 0.556. The molecule has 0 radical (unpaired) electrons. The lowest BCUT2D eigenvalue weighted by molar-refractivity contribution is 0.0693. The molecule has 1 aliphatic rings. The maximum atomic E-state index is 12.2. The molecule has 31 heavy (non-hydrogen) atoms.